The normalized spacial score (nSPS) is 13.6. The molecule has 3 rings (SSSR count). The van der Waals surface area contributed by atoms with Crippen molar-refractivity contribution in [3.63, 3.8) is 0 Å². The van der Waals surface area contributed by atoms with Crippen LogP contribution in [0.15, 0.2) is 48.5 Å². The predicted octanol–water partition coefficient (Wildman–Crippen LogP) is 7.50. The standard InChI is InChI=1S/C26H32O2/c1-16(2)23(15-26(5,6)17(3)4)24-19-11-8-7-10-18(19)14-22-20(24)12-9-13-21(22)25(27)28/h7-14,16-17,23H,15H2,1-6H3,(H,27,28). The van der Waals surface area contributed by atoms with Gasteiger partial charge in [0.05, 0.1) is 5.56 Å². The second kappa shape index (κ2) is 7.58. The van der Waals surface area contributed by atoms with Crippen molar-refractivity contribution in [3.8, 4) is 0 Å². The molecule has 0 aliphatic rings. The predicted molar refractivity (Wildman–Crippen MR) is 119 cm³/mol. The fourth-order valence-electron chi connectivity index (χ4n) is 4.18. The Bertz CT molecular complexity index is 1010. The van der Waals surface area contributed by atoms with E-state index in [1.807, 2.05) is 18.2 Å². The van der Waals surface area contributed by atoms with Crippen LogP contribution in [-0.4, -0.2) is 11.1 Å². The summed E-state index contributed by atoms with van der Waals surface area (Å²) in [6, 6.07) is 16.1. The lowest BCUT2D eigenvalue weighted by atomic mass is 9.68. The molecule has 0 amide bonds. The molecule has 0 radical (unpaired) electrons. The fourth-order valence-corrected chi connectivity index (χ4v) is 4.18. The minimum absolute atomic E-state index is 0.197. The van der Waals surface area contributed by atoms with Crippen LogP contribution in [0.1, 0.15) is 69.8 Å². The van der Waals surface area contributed by atoms with Gasteiger partial charge >= 0.3 is 5.97 Å². The lowest BCUT2D eigenvalue weighted by molar-refractivity contribution is 0.0699. The molecule has 0 saturated carbocycles. The van der Waals surface area contributed by atoms with Gasteiger partial charge < -0.3 is 5.11 Å². The van der Waals surface area contributed by atoms with Crippen LogP contribution in [0.25, 0.3) is 21.5 Å². The first kappa shape index (κ1) is 20.4. The molecule has 1 N–H and O–H groups in total. The summed E-state index contributed by atoms with van der Waals surface area (Å²) in [7, 11) is 0. The van der Waals surface area contributed by atoms with Crippen LogP contribution in [0.5, 0.6) is 0 Å². The van der Waals surface area contributed by atoms with Gasteiger partial charge in [0.15, 0.2) is 0 Å². The first-order valence-corrected chi connectivity index (χ1v) is 10.3. The largest absolute Gasteiger partial charge is 0.478 e. The second-order valence-electron chi connectivity index (χ2n) is 9.42. The number of carbonyl (C=O) groups is 1. The molecular weight excluding hydrogens is 344 g/mol. The van der Waals surface area contributed by atoms with E-state index in [1.165, 1.54) is 10.9 Å². The lowest BCUT2D eigenvalue weighted by Crippen LogP contribution is -2.24. The number of aromatic carboxylic acids is 1. The van der Waals surface area contributed by atoms with Crippen LogP contribution in [0, 0.1) is 17.3 Å². The minimum Gasteiger partial charge on any atom is -0.478 e. The maximum Gasteiger partial charge on any atom is 0.336 e. The zero-order chi connectivity index (χ0) is 20.6. The summed E-state index contributed by atoms with van der Waals surface area (Å²) in [5.41, 5.74) is 1.89. The minimum atomic E-state index is -0.865. The van der Waals surface area contributed by atoms with E-state index < -0.39 is 5.97 Å². The Kier molecular flexibility index (Phi) is 5.52. The molecule has 148 valence electrons. The smallest absolute Gasteiger partial charge is 0.336 e. The van der Waals surface area contributed by atoms with Gasteiger partial charge in [-0.2, -0.15) is 0 Å². The monoisotopic (exact) mass is 376 g/mol. The molecular formula is C26H32O2. The maximum absolute atomic E-state index is 11.9. The van der Waals surface area contributed by atoms with Crippen LogP contribution < -0.4 is 0 Å². The van der Waals surface area contributed by atoms with Gasteiger partial charge in [-0.05, 0) is 68.8 Å². The highest BCUT2D eigenvalue weighted by molar-refractivity contribution is 6.10. The summed E-state index contributed by atoms with van der Waals surface area (Å²) in [5.74, 6) is 0.524. The Balaban J connectivity index is 2.38. The number of carboxylic acids is 1. The quantitative estimate of drug-likeness (QED) is 0.452. The molecule has 0 heterocycles. The molecule has 2 heteroatoms. The van der Waals surface area contributed by atoms with Crippen LogP contribution in [0.3, 0.4) is 0 Å². The Morgan fingerprint density at radius 3 is 2.18 bits per heavy atom. The van der Waals surface area contributed by atoms with Gasteiger partial charge in [-0.3, -0.25) is 0 Å². The van der Waals surface area contributed by atoms with E-state index in [1.54, 1.807) is 6.07 Å². The van der Waals surface area contributed by atoms with Crippen LogP contribution in [-0.2, 0) is 0 Å². The van der Waals surface area contributed by atoms with Gasteiger partial charge in [0.25, 0.3) is 0 Å². The number of carboxylic acid groups (broad SMARTS) is 1. The molecule has 0 aliphatic carbocycles. The molecule has 0 saturated heterocycles. The number of hydrogen-bond donors (Lipinski definition) is 1. The van der Waals surface area contributed by atoms with E-state index in [0.29, 0.717) is 23.3 Å². The molecule has 0 fully saturated rings. The topological polar surface area (TPSA) is 37.3 Å². The third kappa shape index (κ3) is 3.65. The van der Waals surface area contributed by atoms with E-state index in [0.717, 1.165) is 22.6 Å². The van der Waals surface area contributed by atoms with Crippen LogP contribution >= 0.6 is 0 Å². The van der Waals surface area contributed by atoms with Gasteiger partial charge in [0, 0.05) is 0 Å². The first-order chi connectivity index (χ1) is 13.1. The number of fused-ring (bicyclic) bond motifs is 2. The maximum atomic E-state index is 11.9. The Hall–Kier alpha value is -2.35. The van der Waals surface area contributed by atoms with Crippen molar-refractivity contribution in [3.05, 3.63) is 59.7 Å². The van der Waals surface area contributed by atoms with Gasteiger partial charge in [-0.15, -0.1) is 0 Å². The zero-order valence-electron chi connectivity index (χ0n) is 17.9. The van der Waals surface area contributed by atoms with Crippen molar-refractivity contribution in [1.29, 1.82) is 0 Å². The molecule has 0 bridgehead atoms. The van der Waals surface area contributed by atoms with Gasteiger partial charge in [0.2, 0.25) is 0 Å². The van der Waals surface area contributed by atoms with Crippen LogP contribution in [0.4, 0.5) is 0 Å². The molecule has 2 nitrogen and oxygen atoms in total. The van der Waals surface area contributed by atoms with E-state index in [4.69, 9.17) is 0 Å². The summed E-state index contributed by atoms with van der Waals surface area (Å²) >= 11 is 0. The van der Waals surface area contributed by atoms with Gasteiger partial charge in [-0.25, -0.2) is 4.79 Å². The fraction of sp³-hybridized carbons (Fsp3) is 0.423. The highest BCUT2D eigenvalue weighted by Crippen LogP contribution is 2.45. The number of hydrogen-bond acceptors (Lipinski definition) is 1. The van der Waals surface area contributed by atoms with Crippen LogP contribution in [0.2, 0.25) is 0 Å². The Morgan fingerprint density at radius 1 is 0.929 bits per heavy atom. The molecule has 0 spiro atoms. The van der Waals surface area contributed by atoms with E-state index in [2.05, 4.69) is 65.8 Å². The zero-order valence-corrected chi connectivity index (χ0v) is 17.9. The molecule has 0 aliphatic heterocycles. The average molecular weight is 377 g/mol. The summed E-state index contributed by atoms with van der Waals surface area (Å²) in [4.78, 5) is 11.9. The van der Waals surface area contributed by atoms with Crippen molar-refractivity contribution in [2.24, 2.45) is 17.3 Å². The Morgan fingerprint density at radius 2 is 1.57 bits per heavy atom. The summed E-state index contributed by atoms with van der Waals surface area (Å²) in [6.07, 6.45) is 1.07. The van der Waals surface area contributed by atoms with Crippen molar-refractivity contribution in [2.75, 3.05) is 0 Å². The summed E-state index contributed by atoms with van der Waals surface area (Å²) in [6.45, 7) is 13.9. The van der Waals surface area contributed by atoms with Gasteiger partial charge in [-0.1, -0.05) is 77.9 Å². The third-order valence-electron chi connectivity index (χ3n) is 6.66. The highest BCUT2D eigenvalue weighted by Gasteiger charge is 2.31. The van der Waals surface area contributed by atoms with E-state index in [9.17, 15) is 9.90 Å². The van der Waals surface area contributed by atoms with Crippen molar-refractivity contribution >= 4 is 27.5 Å². The van der Waals surface area contributed by atoms with E-state index >= 15 is 0 Å². The van der Waals surface area contributed by atoms with Gasteiger partial charge in [0.1, 0.15) is 0 Å². The average Bonchev–Trinajstić information content (AvgIpc) is 2.63. The number of rotatable bonds is 6. The molecule has 1 atom stereocenters. The SMILES string of the molecule is CC(C)C(CC(C)(C)C(C)C)c1c2ccccc2cc2c(C(=O)O)cccc12. The lowest BCUT2D eigenvalue weighted by Gasteiger charge is -2.36. The third-order valence-corrected chi connectivity index (χ3v) is 6.66. The Labute approximate surface area is 168 Å². The molecule has 1 unspecified atom stereocenters. The highest BCUT2D eigenvalue weighted by atomic mass is 16.4. The number of benzene rings is 3. The molecule has 3 aromatic rings. The first-order valence-electron chi connectivity index (χ1n) is 10.3. The van der Waals surface area contributed by atoms with E-state index in [-0.39, 0.29) is 5.41 Å². The molecule has 3 aromatic carbocycles. The molecule has 0 aromatic heterocycles. The van der Waals surface area contributed by atoms with Crippen molar-refractivity contribution in [1.82, 2.24) is 0 Å². The molecule has 28 heavy (non-hydrogen) atoms. The summed E-state index contributed by atoms with van der Waals surface area (Å²) < 4.78 is 0. The van der Waals surface area contributed by atoms with Crippen molar-refractivity contribution in [2.45, 2.75) is 53.9 Å². The van der Waals surface area contributed by atoms with Crippen molar-refractivity contribution < 1.29 is 9.90 Å². The second-order valence-corrected chi connectivity index (χ2v) is 9.42. The summed E-state index contributed by atoms with van der Waals surface area (Å²) in [5, 5.41) is 14.0.